The molecule has 0 atom stereocenters. The number of hydrogen-bond donors (Lipinski definition) is 0. The van der Waals surface area contributed by atoms with Crippen LogP contribution in [-0.2, 0) is 0 Å². The van der Waals surface area contributed by atoms with Gasteiger partial charge in [-0.05, 0) is 69.3 Å². The smallest absolute Gasteiger partial charge is 0.0346 e. The lowest BCUT2D eigenvalue weighted by Gasteiger charge is -2.08. The van der Waals surface area contributed by atoms with Gasteiger partial charge in [-0.3, -0.25) is 4.98 Å². The molecule has 0 bridgehead atoms. The molecule has 0 aliphatic rings. The number of aromatic nitrogens is 1. The highest BCUT2D eigenvalue weighted by Crippen LogP contribution is 2.30. The fraction of sp³-hybridized carbons (Fsp3) is 0.0357. The summed E-state index contributed by atoms with van der Waals surface area (Å²) in [6.07, 6.45) is 3.70. The van der Waals surface area contributed by atoms with Gasteiger partial charge >= 0.3 is 0 Å². The minimum atomic E-state index is 1.14. The van der Waals surface area contributed by atoms with Crippen LogP contribution in [0.1, 0.15) is 5.56 Å². The van der Waals surface area contributed by atoms with E-state index in [0.717, 1.165) is 5.56 Å². The van der Waals surface area contributed by atoms with Crippen molar-refractivity contribution in [3.05, 3.63) is 115 Å². The van der Waals surface area contributed by atoms with Gasteiger partial charge in [0.15, 0.2) is 0 Å². The Hall–Kier alpha value is -3.71. The van der Waals surface area contributed by atoms with E-state index in [1.165, 1.54) is 44.2 Å². The third-order valence-electron chi connectivity index (χ3n) is 5.44. The van der Waals surface area contributed by atoms with Crippen LogP contribution in [0.2, 0.25) is 0 Å². The number of nitrogens with zero attached hydrogens (tertiary/aromatic N) is 1. The zero-order valence-electron chi connectivity index (χ0n) is 16.3. The van der Waals surface area contributed by atoms with Gasteiger partial charge in [0.2, 0.25) is 0 Å². The van der Waals surface area contributed by atoms with Crippen LogP contribution in [-0.4, -0.2) is 4.98 Å². The Morgan fingerprint density at radius 2 is 0.966 bits per heavy atom. The molecule has 0 saturated heterocycles. The van der Waals surface area contributed by atoms with Crippen molar-refractivity contribution in [3.8, 4) is 33.4 Å². The van der Waals surface area contributed by atoms with Crippen LogP contribution in [0.5, 0.6) is 0 Å². The summed E-state index contributed by atoms with van der Waals surface area (Å²) >= 11 is 0. The molecule has 0 fully saturated rings. The Morgan fingerprint density at radius 3 is 1.48 bits per heavy atom. The summed E-state index contributed by atoms with van der Waals surface area (Å²) < 4.78 is 0. The van der Waals surface area contributed by atoms with Gasteiger partial charge in [0, 0.05) is 12.4 Å². The van der Waals surface area contributed by atoms with Crippen molar-refractivity contribution in [1.82, 2.24) is 4.98 Å². The fourth-order valence-electron chi connectivity index (χ4n) is 3.74. The van der Waals surface area contributed by atoms with Gasteiger partial charge in [-0.1, -0.05) is 84.4 Å². The Morgan fingerprint density at radius 1 is 0.483 bits per heavy atom. The highest BCUT2D eigenvalue weighted by atomic mass is 14.6. The molecule has 138 valence electrons. The normalized spacial score (nSPS) is 10.9. The second-order valence-electron chi connectivity index (χ2n) is 7.46. The molecule has 0 aliphatic heterocycles. The van der Waals surface area contributed by atoms with Gasteiger partial charge in [-0.25, -0.2) is 0 Å². The molecule has 1 nitrogen and oxygen atoms in total. The van der Waals surface area contributed by atoms with Gasteiger partial charge in [0.1, 0.15) is 0 Å². The lowest BCUT2D eigenvalue weighted by molar-refractivity contribution is 1.33. The van der Waals surface area contributed by atoms with E-state index in [1.54, 1.807) is 6.20 Å². The molecule has 5 rings (SSSR count). The van der Waals surface area contributed by atoms with Crippen molar-refractivity contribution >= 4 is 10.8 Å². The van der Waals surface area contributed by atoms with Crippen molar-refractivity contribution < 1.29 is 0 Å². The Kier molecular flexibility index (Phi) is 4.42. The maximum atomic E-state index is 4.21. The van der Waals surface area contributed by atoms with E-state index in [1.807, 2.05) is 12.3 Å². The molecule has 1 aromatic heterocycles. The van der Waals surface area contributed by atoms with Crippen LogP contribution in [0.25, 0.3) is 44.2 Å². The minimum absolute atomic E-state index is 1.14. The molecular weight excluding hydrogens is 350 g/mol. The molecule has 5 aromatic rings. The third kappa shape index (κ3) is 3.55. The van der Waals surface area contributed by atoms with Crippen LogP contribution >= 0.6 is 0 Å². The lowest BCUT2D eigenvalue weighted by Crippen LogP contribution is -1.83. The molecule has 0 saturated carbocycles. The van der Waals surface area contributed by atoms with Crippen LogP contribution in [0.15, 0.2) is 109 Å². The van der Waals surface area contributed by atoms with E-state index in [2.05, 4.69) is 103 Å². The van der Waals surface area contributed by atoms with Crippen molar-refractivity contribution in [1.29, 1.82) is 0 Å². The first-order valence-corrected chi connectivity index (χ1v) is 9.88. The number of fused-ring (bicyclic) bond motifs is 1. The Labute approximate surface area is 171 Å². The van der Waals surface area contributed by atoms with Crippen molar-refractivity contribution in [2.24, 2.45) is 0 Å². The third-order valence-corrected chi connectivity index (χ3v) is 5.44. The highest BCUT2D eigenvalue weighted by Gasteiger charge is 2.04. The van der Waals surface area contributed by atoms with E-state index in [0.29, 0.717) is 0 Å². The predicted octanol–water partition coefficient (Wildman–Crippen LogP) is 7.54. The molecular formula is C28H21N. The molecule has 4 aromatic carbocycles. The fourth-order valence-corrected chi connectivity index (χ4v) is 3.74. The highest BCUT2D eigenvalue weighted by molar-refractivity contribution is 5.91. The first-order valence-electron chi connectivity index (χ1n) is 9.88. The molecule has 0 spiro atoms. The maximum absolute atomic E-state index is 4.21. The molecule has 0 N–H and O–H groups in total. The van der Waals surface area contributed by atoms with E-state index in [9.17, 15) is 0 Å². The van der Waals surface area contributed by atoms with Gasteiger partial charge in [-0.15, -0.1) is 0 Å². The molecule has 1 heterocycles. The SMILES string of the molecule is Cc1ccc(-c2ccc3cc(-c4ccc(-c5cccnc5)cc4)ccc3c2)cc1. The molecule has 29 heavy (non-hydrogen) atoms. The number of aryl methyl sites for hydroxylation is 1. The monoisotopic (exact) mass is 371 g/mol. The standard InChI is InChI=1S/C28H21N/c1-20-4-6-21(7-5-20)24-12-14-27-18-25(13-15-26(27)17-24)22-8-10-23(11-9-22)28-3-2-16-29-19-28/h2-19H,1H3. The summed E-state index contributed by atoms with van der Waals surface area (Å²) in [6, 6.07) is 34.9. The molecule has 0 unspecified atom stereocenters. The van der Waals surface area contributed by atoms with Crippen molar-refractivity contribution in [3.63, 3.8) is 0 Å². The number of pyridine rings is 1. The number of hydrogen-bond acceptors (Lipinski definition) is 1. The van der Waals surface area contributed by atoms with Crippen molar-refractivity contribution in [2.45, 2.75) is 6.92 Å². The molecule has 1 heteroatoms. The first-order chi connectivity index (χ1) is 14.3. The summed E-state index contributed by atoms with van der Waals surface area (Å²) in [5, 5.41) is 2.52. The van der Waals surface area contributed by atoms with Gasteiger partial charge < -0.3 is 0 Å². The predicted molar refractivity (Wildman–Crippen MR) is 123 cm³/mol. The Balaban J connectivity index is 1.47. The molecule has 0 radical (unpaired) electrons. The Bertz CT molecular complexity index is 1270. The van der Waals surface area contributed by atoms with E-state index < -0.39 is 0 Å². The lowest BCUT2D eigenvalue weighted by atomic mass is 9.96. The summed E-state index contributed by atoms with van der Waals surface area (Å²) in [7, 11) is 0. The topological polar surface area (TPSA) is 12.9 Å². The minimum Gasteiger partial charge on any atom is -0.264 e. The van der Waals surface area contributed by atoms with Gasteiger partial charge in [-0.2, -0.15) is 0 Å². The summed E-state index contributed by atoms with van der Waals surface area (Å²) in [4.78, 5) is 4.21. The average molecular weight is 371 g/mol. The van der Waals surface area contributed by atoms with Crippen LogP contribution in [0.3, 0.4) is 0 Å². The van der Waals surface area contributed by atoms with E-state index >= 15 is 0 Å². The quantitative estimate of drug-likeness (QED) is 0.319. The van der Waals surface area contributed by atoms with Gasteiger partial charge in [0.25, 0.3) is 0 Å². The van der Waals surface area contributed by atoms with Crippen LogP contribution < -0.4 is 0 Å². The summed E-state index contributed by atoms with van der Waals surface area (Å²) in [6.45, 7) is 2.12. The molecule has 0 aliphatic carbocycles. The summed E-state index contributed by atoms with van der Waals surface area (Å²) in [5.74, 6) is 0. The second kappa shape index (κ2) is 7.37. The molecule has 0 amide bonds. The number of rotatable bonds is 3. The van der Waals surface area contributed by atoms with Crippen molar-refractivity contribution in [2.75, 3.05) is 0 Å². The number of benzene rings is 4. The van der Waals surface area contributed by atoms with Gasteiger partial charge in [0.05, 0.1) is 0 Å². The average Bonchev–Trinajstić information content (AvgIpc) is 2.80. The second-order valence-corrected chi connectivity index (χ2v) is 7.46. The van der Waals surface area contributed by atoms with E-state index in [4.69, 9.17) is 0 Å². The van der Waals surface area contributed by atoms with Crippen LogP contribution in [0.4, 0.5) is 0 Å². The zero-order valence-corrected chi connectivity index (χ0v) is 16.3. The van der Waals surface area contributed by atoms with Crippen LogP contribution in [0, 0.1) is 6.92 Å². The summed E-state index contributed by atoms with van der Waals surface area (Å²) in [5.41, 5.74) is 8.58. The zero-order chi connectivity index (χ0) is 19.6. The van der Waals surface area contributed by atoms with E-state index in [-0.39, 0.29) is 0 Å². The largest absolute Gasteiger partial charge is 0.264 e. The maximum Gasteiger partial charge on any atom is 0.0346 e. The first kappa shape index (κ1) is 17.4.